The van der Waals surface area contributed by atoms with Gasteiger partial charge in [0.05, 0.1) is 7.11 Å². The molecule has 0 atom stereocenters. The van der Waals surface area contributed by atoms with Gasteiger partial charge >= 0.3 is 0 Å². The highest BCUT2D eigenvalue weighted by atomic mass is 16.5. The van der Waals surface area contributed by atoms with Gasteiger partial charge in [0, 0.05) is 19.6 Å². The zero-order chi connectivity index (χ0) is 19.2. The van der Waals surface area contributed by atoms with Crippen molar-refractivity contribution in [3.05, 3.63) is 95.1 Å². The van der Waals surface area contributed by atoms with E-state index in [1.165, 1.54) is 22.3 Å². The van der Waals surface area contributed by atoms with Crippen molar-refractivity contribution in [2.75, 3.05) is 20.2 Å². The summed E-state index contributed by atoms with van der Waals surface area (Å²) in [5, 5.41) is 0. The zero-order valence-corrected chi connectivity index (χ0v) is 16.4. The van der Waals surface area contributed by atoms with E-state index in [0.717, 1.165) is 44.0 Å². The Kier molecular flexibility index (Phi) is 5.93. The molecule has 0 saturated heterocycles. The van der Waals surface area contributed by atoms with Crippen LogP contribution in [0, 0.1) is 0 Å². The van der Waals surface area contributed by atoms with Crippen molar-refractivity contribution < 1.29 is 9.47 Å². The molecule has 0 aliphatic carbocycles. The number of hydrogen-bond donors (Lipinski definition) is 0. The van der Waals surface area contributed by atoms with E-state index in [2.05, 4.69) is 47.4 Å². The molecule has 0 saturated carbocycles. The molecule has 0 amide bonds. The standard InChI is InChI=1S/C25H27NO2/c1-27-25-12-11-23-18-26(16-14-22(23)17-25)15-13-20-7-9-21(10-8-20)19-28-24-5-3-2-4-6-24/h2-12,17H,13-16,18-19H2,1H3. The maximum absolute atomic E-state index is 5.82. The maximum Gasteiger partial charge on any atom is 0.119 e. The first-order valence-corrected chi connectivity index (χ1v) is 9.94. The van der Waals surface area contributed by atoms with Crippen molar-refractivity contribution in [1.82, 2.24) is 4.90 Å². The van der Waals surface area contributed by atoms with Crippen molar-refractivity contribution >= 4 is 0 Å². The van der Waals surface area contributed by atoms with Crippen molar-refractivity contribution in [2.45, 2.75) is 26.0 Å². The minimum atomic E-state index is 0.608. The van der Waals surface area contributed by atoms with Gasteiger partial charge in [0.15, 0.2) is 0 Å². The molecule has 3 nitrogen and oxygen atoms in total. The van der Waals surface area contributed by atoms with E-state index < -0.39 is 0 Å². The molecule has 0 spiro atoms. The number of ether oxygens (including phenoxy) is 2. The lowest BCUT2D eigenvalue weighted by Crippen LogP contribution is -2.32. The van der Waals surface area contributed by atoms with Crippen LogP contribution in [-0.4, -0.2) is 25.1 Å². The first kappa shape index (κ1) is 18.6. The Morgan fingerprint density at radius 3 is 2.39 bits per heavy atom. The Bertz CT molecular complexity index is 890. The second-order valence-corrected chi connectivity index (χ2v) is 7.33. The molecule has 0 bridgehead atoms. The number of benzene rings is 3. The van der Waals surface area contributed by atoms with Crippen LogP contribution in [0.1, 0.15) is 22.3 Å². The van der Waals surface area contributed by atoms with E-state index in [4.69, 9.17) is 9.47 Å². The second-order valence-electron chi connectivity index (χ2n) is 7.33. The number of hydrogen-bond acceptors (Lipinski definition) is 3. The van der Waals surface area contributed by atoms with Gasteiger partial charge < -0.3 is 9.47 Å². The molecule has 3 aromatic carbocycles. The molecule has 0 N–H and O–H groups in total. The molecule has 1 heterocycles. The number of rotatable bonds is 7. The highest BCUT2D eigenvalue weighted by Crippen LogP contribution is 2.24. The van der Waals surface area contributed by atoms with E-state index in [-0.39, 0.29) is 0 Å². The normalized spacial score (nSPS) is 13.8. The summed E-state index contributed by atoms with van der Waals surface area (Å²) >= 11 is 0. The van der Waals surface area contributed by atoms with Crippen LogP contribution in [0.5, 0.6) is 11.5 Å². The van der Waals surface area contributed by atoms with Crippen LogP contribution in [0.3, 0.4) is 0 Å². The number of fused-ring (bicyclic) bond motifs is 1. The van der Waals surface area contributed by atoms with Crippen molar-refractivity contribution in [2.24, 2.45) is 0 Å². The van der Waals surface area contributed by atoms with E-state index >= 15 is 0 Å². The second kappa shape index (κ2) is 8.94. The molecule has 3 heteroatoms. The van der Waals surface area contributed by atoms with Crippen LogP contribution in [0.15, 0.2) is 72.8 Å². The minimum absolute atomic E-state index is 0.608. The molecule has 0 fully saturated rings. The van der Waals surface area contributed by atoms with Gasteiger partial charge in [0.2, 0.25) is 0 Å². The SMILES string of the molecule is COc1ccc2c(c1)CCN(CCc1ccc(COc3ccccc3)cc1)C2. The summed E-state index contributed by atoms with van der Waals surface area (Å²) in [6, 6.07) is 25.2. The summed E-state index contributed by atoms with van der Waals surface area (Å²) in [6.07, 6.45) is 2.17. The summed E-state index contributed by atoms with van der Waals surface area (Å²) in [4.78, 5) is 2.54. The van der Waals surface area contributed by atoms with Crippen LogP contribution in [0.4, 0.5) is 0 Å². The summed E-state index contributed by atoms with van der Waals surface area (Å²) in [5.41, 5.74) is 5.44. The average molecular weight is 373 g/mol. The van der Waals surface area contributed by atoms with Crippen molar-refractivity contribution in [1.29, 1.82) is 0 Å². The third-order valence-electron chi connectivity index (χ3n) is 5.39. The van der Waals surface area contributed by atoms with E-state index in [0.29, 0.717) is 6.61 Å². The largest absolute Gasteiger partial charge is 0.497 e. The summed E-state index contributed by atoms with van der Waals surface area (Å²) in [5.74, 6) is 1.87. The lowest BCUT2D eigenvalue weighted by atomic mass is 9.99. The predicted octanol–water partition coefficient (Wildman–Crippen LogP) is 4.88. The zero-order valence-electron chi connectivity index (χ0n) is 16.4. The number of para-hydroxylation sites is 1. The fourth-order valence-electron chi connectivity index (χ4n) is 3.68. The molecule has 0 unspecified atom stereocenters. The van der Waals surface area contributed by atoms with Gasteiger partial charge in [-0.05, 0) is 59.4 Å². The molecule has 0 aromatic heterocycles. The van der Waals surface area contributed by atoms with E-state index in [1.807, 2.05) is 30.3 Å². The third kappa shape index (κ3) is 4.73. The van der Waals surface area contributed by atoms with Gasteiger partial charge in [0.1, 0.15) is 18.1 Å². The molecule has 0 radical (unpaired) electrons. The summed E-state index contributed by atoms with van der Waals surface area (Å²) in [7, 11) is 1.73. The third-order valence-corrected chi connectivity index (χ3v) is 5.39. The highest BCUT2D eigenvalue weighted by Gasteiger charge is 2.16. The lowest BCUT2D eigenvalue weighted by molar-refractivity contribution is 0.257. The van der Waals surface area contributed by atoms with Crippen LogP contribution in [-0.2, 0) is 26.0 Å². The molecule has 1 aliphatic heterocycles. The quantitative estimate of drug-likeness (QED) is 0.589. The monoisotopic (exact) mass is 373 g/mol. The minimum Gasteiger partial charge on any atom is -0.497 e. The average Bonchev–Trinajstić information content (AvgIpc) is 2.77. The molecular formula is C25H27NO2. The van der Waals surface area contributed by atoms with E-state index in [9.17, 15) is 0 Å². The van der Waals surface area contributed by atoms with Crippen molar-refractivity contribution in [3.63, 3.8) is 0 Å². The molecule has 3 aromatic rings. The Labute approximate surface area is 167 Å². The maximum atomic E-state index is 5.82. The Morgan fingerprint density at radius 1 is 0.821 bits per heavy atom. The van der Waals surface area contributed by atoms with Crippen LogP contribution < -0.4 is 9.47 Å². The van der Waals surface area contributed by atoms with Gasteiger partial charge in [0.25, 0.3) is 0 Å². The van der Waals surface area contributed by atoms with Crippen LogP contribution in [0.25, 0.3) is 0 Å². The Balaban J connectivity index is 1.27. The van der Waals surface area contributed by atoms with Gasteiger partial charge in [-0.1, -0.05) is 48.5 Å². The molecule has 144 valence electrons. The van der Waals surface area contributed by atoms with Crippen molar-refractivity contribution in [3.8, 4) is 11.5 Å². The van der Waals surface area contributed by atoms with Gasteiger partial charge in [-0.25, -0.2) is 0 Å². The van der Waals surface area contributed by atoms with Gasteiger partial charge in [-0.2, -0.15) is 0 Å². The first-order chi connectivity index (χ1) is 13.8. The lowest BCUT2D eigenvalue weighted by Gasteiger charge is -2.29. The summed E-state index contributed by atoms with van der Waals surface area (Å²) in [6.45, 7) is 3.84. The fourth-order valence-corrected chi connectivity index (χ4v) is 3.68. The number of methoxy groups -OCH3 is 1. The van der Waals surface area contributed by atoms with Gasteiger partial charge in [-0.15, -0.1) is 0 Å². The number of nitrogens with zero attached hydrogens (tertiary/aromatic N) is 1. The Morgan fingerprint density at radius 2 is 1.61 bits per heavy atom. The smallest absolute Gasteiger partial charge is 0.119 e. The first-order valence-electron chi connectivity index (χ1n) is 9.94. The molecule has 1 aliphatic rings. The van der Waals surface area contributed by atoms with Crippen LogP contribution >= 0.6 is 0 Å². The fraction of sp³-hybridized carbons (Fsp3) is 0.280. The molecule has 4 rings (SSSR count). The molecule has 28 heavy (non-hydrogen) atoms. The summed E-state index contributed by atoms with van der Waals surface area (Å²) < 4.78 is 11.2. The van der Waals surface area contributed by atoms with E-state index in [1.54, 1.807) is 7.11 Å². The van der Waals surface area contributed by atoms with Crippen LogP contribution in [0.2, 0.25) is 0 Å². The Hall–Kier alpha value is -2.78. The highest BCUT2D eigenvalue weighted by molar-refractivity contribution is 5.37. The predicted molar refractivity (Wildman–Crippen MR) is 113 cm³/mol. The molecular weight excluding hydrogens is 346 g/mol. The topological polar surface area (TPSA) is 21.7 Å². The van der Waals surface area contributed by atoms with Gasteiger partial charge in [-0.3, -0.25) is 4.90 Å².